The van der Waals surface area contributed by atoms with Crippen molar-refractivity contribution in [3.63, 3.8) is 0 Å². The van der Waals surface area contributed by atoms with E-state index in [0.717, 1.165) is 5.56 Å². The third-order valence-corrected chi connectivity index (χ3v) is 1.89. The fraction of sp³-hybridized carbons (Fsp3) is 0.250. The van der Waals surface area contributed by atoms with Gasteiger partial charge in [-0.2, -0.15) is 0 Å². The SMILES string of the molecule is NOCCc1cc(O)ccc1Cl. The summed E-state index contributed by atoms with van der Waals surface area (Å²) in [5.74, 6) is 5.06. The molecule has 0 atom stereocenters. The molecule has 0 fully saturated rings. The molecule has 1 aromatic carbocycles. The van der Waals surface area contributed by atoms with Gasteiger partial charge in [-0.3, -0.25) is 0 Å². The summed E-state index contributed by atoms with van der Waals surface area (Å²) in [6.07, 6.45) is 0.601. The fourth-order valence-corrected chi connectivity index (χ4v) is 1.13. The van der Waals surface area contributed by atoms with Crippen LogP contribution < -0.4 is 5.90 Å². The number of phenolic OH excluding ortho intramolecular Hbond substituents is 1. The Morgan fingerprint density at radius 3 is 2.92 bits per heavy atom. The van der Waals surface area contributed by atoms with Crippen molar-refractivity contribution in [2.75, 3.05) is 6.61 Å². The van der Waals surface area contributed by atoms with Crippen LogP contribution in [-0.4, -0.2) is 11.7 Å². The highest BCUT2D eigenvalue weighted by Crippen LogP contribution is 2.21. The highest BCUT2D eigenvalue weighted by molar-refractivity contribution is 6.31. The Bertz CT molecular complexity index is 265. The van der Waals surface area contributed by atoms with Gasteiger partial charge in [-0.05, 0) is 30.2 Å². The summed E-state index contributed by atoms with van der Waals surface area (Å²) in [5, 5.41) is 9.72. The summed E-state index contributed by atoms with van der Waals surface area (Å²) in [7, 11) is 0. The Morgan fingerprint density at radius 1 is 1.50 bits per heavy atom. The predicted octanol–water partition coefficient (Wildman–Crippen LogP) is 1.48. The van der Waals surface area contributed by atoms with Crippen molar-refractivity contribution in [2.45, 2.75) is 6.42 Å². The quantitative estimate of drug-likeness (QED) is 0.705. The third-order valence-electron chi connectivity index (χ3n) is 1.52. The van der Waals surface area contributed by atoms with Crippen LogP contribution >= 0.6 is 11.6 Å². The molecule has 0 aliphatic heterocycles. The van der Waals surface area contributed by atoms with E-state index in [2.05, 4.69) is 4.84 Å². The lowest BCUT2D eigenvalue weighted by Crippen LogP contribution is -2.03. The monoisotopic (exact) mass is 187 g/mol. The van der Waals surface area contributed by atoms with E-state index in [1.807, 2.05) is 0 Å². The summed E-state index contributed by atoms with van der Waals surface area (Å²) in [6.45, 7) is 0.392. The molecule has 0 saturated heterocycles. The van der Waals surface area contributed by atoms with Crippen LogP contribution in [0.3, 0.4) is 0 Å². The molecule has 0 amide bonds. The van der Waals surface area contributed by atoms with Gasteiger partial charge in [0.1, 0.15) is 5.75 Å². The van der Waals surface area contributed by atoms with E-state index in [4.69, 9.17) is 22.6 Å². The Labute approximate surface area is 75.7 Å². The zero-order valence-corrected chi connectivity index (χ0v) is 7.21. The zero-order valence-electron chi connectivity index (χ0n) is 6.46. The second kappa shape index (κ2) is 4.30. The van der Waals surface area contributed by atoms with E-state index in [0.29, 0.717) is 18.1 Å². The lowest BCUT2D eigenvalue weighted by Gasteiger charge is -2.03. The summed E-state index contributed by atoms with van der Waals surface area (Å²) in [5.41, 5.74) is 0.835. The van der Waals surface area contributed by atoms with E-state index in [1.54, 1.807) is 12.1 Å². The first-order valence-corrected chi connectivity index (χ1v) is 3.91. The number of rotatable bonds is 3. The third kappa shape index (κ3) is 2.37. The van der Waals surface area contributed by atoms with Crippen molar-refractivity contribution in [2.24, 2.45) is 5.90 Å². The standard InChI is InChI=1S/C8H10ClNO2/c9-8-2-1-7(11)5-6(8)3-4-12-10/h1-2,5,11H,3-4,10H2. The first-order chi connectivity index (χ1) is 5.74. The van der Waals surface area contributed by atoms with E-state index in [9.17, 15) is 0 Å². The van der Waals surface area contributed by atoms with Gasteiger partial charge in [0.05, 0.1) is 6.61 Å². The van der Waals surface area contributed by atoms with Crippen molar-refractivity contribution in [1.82, 2.24) is 0 Å². The number of benzene rings is 1. The summed E-state index contributed by atoms with van der Waals surface area (Å²) >= 11 is 5.82. The number of aromatic hydroxyl groups is 1. The van der Waals surface area contributed by atoms with Gasteiger partial charge in [0.15, 0.2) is 0 Å². The molecule has 1 aromatic rings. The molecule has 0 radical (unpaired) electrons. The maximum Gasteiger partial charge on any atom is 0.115 e. The minimum absolute atomic E-state index is 0.200. The topological polar surface area (TPSA) is 55.5 Å². The van der Waals surface area contributed by atoms with Gasteiger partial charge in [0, 0.05) is 5.02 Å². The van der Waals surface area contributed by atoms with Crippen LogP contribution in [0.25, 0.3) is 0 Å². The molecule has 0 bridgehead atoms. The van der Waals surface area contributed by atoms with Gasteiger partial charge in [-0.15, -0.1) is 0 Å². The molecule has 4 heteroatoms. The normalized spacial score (nSPS) is 10.2. The molecule has 0 saturated carbocycles. The van der Waals surface area contributed by atoms with Gasteiger partial charge in [0.2, 0.25) is 0 Å². The fourth-order valence-electron chi connectivity index (χ4n) is 0.922. The Balaban J connectivity index is 2.75. The van der Waals surface area contributed by atoms with Crippen molar-refractivity contribution in [3.8, 4) is 5.75 Å². The molecule has 0 aliphatic carbocycles. The number of phenols is 1. The van der Waals surface area contributed by atoms with Crippen LogP contribution in [0.5, 0.6) is 5.75 Å². The molecule has 1 rings (SSSR count). The second-order valence-electron chi connectivity index (χ2n) is 2.40. The van der Waals surface area contributed by atoms with Crippen molar-refractivity contribution in [3.05, 3.63) is 28.8 Å². The molecular weight excluding hydrogens is 178 g/mol. The van der Waals surface area contributed by atoms with Crippen molar-refractivity contribution < 1.29 is 9.94 Å². The lowest BCUT2D eigenvalue weighted by atomic mass is 10.1. The van der Waals surface area contributed by atoms with Gasteiger partial charge >= 0.3 is 0 Å². The molecule has 3 nitrogen and oxygen atoms in total. The Morgan fingerprint density at radius 2 is 2.25 bits per heavy atom. The van der Waals surface area contributed by atoms with Gasteiger partial charge in [-0.25, -0.2) is 5.90 Å². The van der Waals surface area contributed by atoms with Gasteiger partial charge in [0.25, 0.3) is 0 Å². The largest absolute Gasteiger partial charge is 0.508 e. The smallest absolute Gasteiger partial charge is 0.115 e. The number of hydrogen-bond donors (Lipinski definition) is 2. The molecular formula is C8H10ClNO2. The van der Waals surface area contributed by atoms with Crippen molar-refractivity contribution >= 4 is 11.6 Å². The molecule has 0 unspecified atom stereocenters. The van der Waals surface area contributed by atoms with Gasteiger partial charge < -0.3 is 9.94 Å². The Kier molecular flexibility index (Phi) is 3.34. The predicted molar refractivity (Wildman–Crippen MR) is 47.0 cm³/mol. The molecule has 0 heterocycles. The first kappa shape index (κ1) is 9.32. The minimum atomic E-state index is 0.200. The Hall–Kier alpha value is -0.770. The number of nitrogens with two attached hydrogens (primary N) is 1. The van der Waals surface area contributed by atoms with Crippen molar-refractivity contribution in [1.29, 1.82) is 0 Å². The second-order valence-corrected chi connectivity index (χ2v) is 2.80. The average molecular weight is 188 g/mol. The molecule has 0 spiro atoms. The van der Waals surface area contributed by atoms with Crippen LogP contribution in [0.1, 0.15) is 5.56 Å². The minimum Gasteiger partial charge on any atom is -0.508 e. The molecule has 0 aromatic heterocycles. The maximum atomic E-state index is 9.11. The van der Waals surface area contributed by atoms with Crippen LogP contribution in [0.2, 0.25) is 5.02 Å². The number of halogens is 1. The highest BCUT2D eigenvalue weighted by atomic mass is 35.5. The van der Waals surface area contributed by atoms with Crippen LogP contribution in [0, 0.1) is 0 Å². The molecule has 66 valence electrons. The summed E-state index contributed by atoms with van der Waals surface area (Å²) < 4.78 is 0. The molecule has 12 heavy (non-hydrogen) atoms. The maximum absolute atomic E-state index is 9.11. The van der Waals surface area contributed by atoms with E-state index >= 15 is 0 Å². The summed E-state index contributed by atoms with van der Waals surface area (Å²) in [6, 6.07) is 4.78. The lowest BCUT2D eigenvalue weighted by molar-refractivity contribution is 0.141. The van der Waals surface area contributed by atoms with E-state index < -0.39 is 0 Å². The van der Waals surface area contributed by atoms with E-state index in [1.165, 1.54) is 6.07 Å². The first-order valence-electron chi connectivity index (χ1n) is 3.53. The average Bonchev–Trinajstić information content (AvgIpc) is 2.07. The van der Waals surface area contributed by atoms with Crippen LogP contribution in [-0.2, 0) is 11.3 Å². The molecule has 3 N–H and O–H groups in total. The van der Waals surface area contributed by atoms with Crippen LogP contribution in [0.4, 0.5) is 0 Å². The summed E-state index contributed by atoms with van der Waals surface area (Å²) in [4.78, 5) is 4.40. The van der Waals surface area contributed by atoms with Crippen LogP contribution in [0.15, 0.2) is 18.2 Å². The van der Waals surface area contributed by atoms with Gasteiger partial charge in [-0.1, -0.05) is 11.6 Å². The highest BCUT2D eigenvalue weighted by Gasteiger charge is 2.00. The number of hydrogen-bond acceptors (Lipinski definition) is 3. The zero-order chi connectivity index (χ0) is 8.97. The molecule has 0 aliphatic rings. The van der Waals surface area contributed by atoms with E-state index in [-0.39, 0.29) is 5.75 Å².